The van der Waals surface area contributed by atoms with E-state index in [0.29, 0.717) is 6.42 Å². The van der Waals surface area contributed by atoms with Gasteiger partial charge >= 0.3 is 0 Å². The number of halogens is 1. The standard InChI is InChI=1S/C9H19FN2/c1-8(2)5-6(11)7(10)9(3,4)12-8/h6-7,12H,5,11H2,1-4H3/t6-,7-/m0/s1. The predicted octanol–water partition coefficient (Wildman–Crippen LogP) is 1.20. The summed E-state index contributed by atoms with van der Waals surface area (Å²) in [5.74, 6) is 0. The van der Waals surface area contributed by atoms with Crippen molar-refractivity contribution in [3.8, 4) is 0 Å². The lowest BCUT2D eigenvalue weighted by Gasteiger charge is -2.47. The molecule has 3 heteroatoms. The first-order valence-corrected chi connectivity index (χ1v) is 4.44. The molecule has 1 fully saturated rings. The van der Waals surface area contributed by atoms with E-state index in [0.717, 1.165) is 0 Å². The van der Waals surface area contributed by atoms with Crippen molar-refractivity contribution < 1.29 is 4.39 Å². The van der Waals surface area contributed by atoms with Crippen LogP contribution in [0.3, 0.4) is 0 Å². The van der Waals surface area contributed by atoms with Gasteiger partial charge in [-0.15, -0.1) is 0 Å². The molecule has 0 aromatic heterocycles. The van der Waals surface area contributed by atoms with Crippen LogP contribution in [0.1, 0.15) is 34.1 Å². The Morgan fingerprint density at radius 3 is 2.25 bits per heavy atom. The highest BCUT2D eigenvalue weighted by atomic mass is 19.1. The van der Waals surface area contributed by atoms with Gasteiger partial charge in [-0.05, 0) is 34.1 Å². The number of nitrogens with two attached hydrogens (primary N) is 1. The Labute approximate surface area is 73.7 Å². The monoisotopic (exact) mass is 174 g/mol. The Balaban J connectivity index is 2.80. The average molecular weight is 174 g/mol. The third kappa shape index (κ3) is 1.77. The fraction of sp³-hybridized carbons (Fsp3) is 1.00. The molecule has 0 aromatic rings. The third-order valence-corrected chi connectivity index (χ3v) is 2.47. The smallest absolute Gasteiger partial charge is 0.133 e. The van der Waals surface area contributed by atoms with Gasteiger partial charge in [0.1, 0.15) is 6.17 Å². The first kappa shape index (κ1) is 9.93. The van der Waals surface area contributed by atoms with Gasteiger partial charge < -0.3 is 11.1 Å². The van der Waals surface area contributed by atoms with Crippen molar-refractivity contribution in [1.29, 1.82) is 0 Å². The lowest BCUT2D eigenvalue weighted by Crippen LogP contribution is -2.67. The Kier molecular flexibility index (Phi) is 2.21. The fourth-order valence-corrected chi connectivity index (χ4v) is 2.22. The Bertz CT molecular complexity index is 177. The van der Waals surface area contributed by atoms with Crippen molar-refractivity contribution in [2.24, 2.45) is 5.73 Å². The van der Waals surface area contributed by atoms with E-state index in [4.69, 9.17) is 5.73 Å². The minimum absolute atomic E-state index is 0.0501. The zero-order valence-corrected chi connectivity index (χ0v) is 8.32. The van der Waals surface area contributed by atoms with Crippen LogP contribution < -0.4 is 11.1 Å². The average Bonchev–Trinajstić information content (AvgIpc) is 1.79. The number of rotatable bonds is 0. The van der Waals surface area contributed by atoms with Crippen LogP contribution in [0.4, 0.5) is 4.39 Å². The summed E-state index contributed by atoms with van der Waals surface area (Å²) in [5, 5.41) is 3.26. The summed E-state index contributed by atoms with van der Waals surface area (Å²) in [6.45, 7) is 7.83. The van der Waals surface area contributed by atoms with Crippen molar-refractivity contribution >= 4 is 0 Å². The highest BCUT2D eigenvalue weighted by Crippen LogP contribution is 2.29. The van der Waals surface area contributed by atoms with Gasteiger partial charge in [0.15, 0.2) is 0 Å². The lowest BCUT2D eigenvalue weighted by atomic mass is 9.78. The van der Waals surface area contributed by atoms with E-state index in [1.807, 2.05) is 13.8 Å². The van der Waals surface area contributed by atoms with E-state index in [-0.39, 0.29) is 11.6 Å². The highest BCUT2D eigenvalue weighted by molar-refractivity contribution is 5.04. The van der Waals surface area contributed by atoms with E-state index in [9.17, 15) is 4.39 Å². The molecule has 12 heavy (non-hydrogen) atoms. The normalized spacial score (nSPS) is 39.5. The number of hydrogen-bond donors (Lipinski definition) is 2. The quantitative estimate of drug-likeness (QED) is 0.579. The molecule has 1 heterocycles. The van der Waals surface area contributed by atoms with E-state index in [1.54, 1.807) is 0 Å². The fourth-order valence-electron chi connectivity index (χ4n) is 2.22. The van der Waals surface area contributed by atoms with Crippen molar-refractivity contribution in [3.05, 3.63) is 0 Å². The summed E-state index contributed by atoms with van der Waals surface area (Å²) in [4.78, 5) is 0. The maximum Gasteiger partial charge on any atom is 0.133 e. The van der Waals surface area contributed by atoms with E-state index in [1.165, 1.54) is 0 Å². The number of piperidine rings is 1. The summed E-state index contributed by atoms with van der Waals surface area (Å²) in [5.41, 5.74) is 5.17. The summed E-state index contributed by atoms with van der Waals surface area (Å²) in [7, 11) is 0. The van der Waals surface area contributed by atoms with Gasteiger partial charge in [-0.1, -0.05) is 0 Å². The maximum absolute atomic E-state index is 13.5. The van der Waals surface area contributed by atoms with Crippen molar-refractivity contribution in [1.82, 2.24) is 5.32 Å². The molecule has 2 atom stereocenters. The summed E-state index contributed by atoms with van der Waals surface area (Å²) >= 11 is 0. The summed E-state index contributed by atoms with van der Waals surface area (Å²) in [6.07, 6.45) is -0.261. The van der Waals surface area contributed by atoms with Gasteiger partial charge in [-0.25, -0.2) is 4.39 Å². The molecule has 72 valence electrons. The van der Waals surface area contributed by atoms with Crippen LogP contribution in [0.25, 0.3) is 0 Å². The van der Waals surface area contributed by atoms with E-state index in [2.05, 4.69) is 19.2 Å². The van der Waals surface area contributed by atoms with Crippen LogP contribution in [0.5, 0.6) is 0 Å². The van der Waals surface area contributed by atoms with Crippen molar-refractivity contribution in [2.75, 3.05) is 0 Å². The van der Waals surface area contributed by atoms with Crippen LogP contribution in [-0.2, 0) is 0 Å². The minimum Gasteiger partial charge on any atom is -0.325 e. The van der Waals surface area contributed by atoms with Gasteiger partial charge in [0.25, 0.3) is 0 Å². The van der Waals surface area contributed by atoms with Gasteiger partial charge in [-0.2, -0.15) is 0 Å². The zero-order chi connectivity index (χ0) is 9.57. The SMILES string of the molecule is CC1(C)C[C@H](N)[C@H](F)C(C)(C)N1. The topological polar surface area (TPSA) is 38.0 Å². The van der Waals surface area contributed by atoms with Crippen LogP contribution in [0, 0.1) is 0 Å². The number of alkyl halides is 1. The second kappa shape index (κ2) is 2.67. The largest absolute Gasteiger partial charge is 0.325 e. The van der Waals surface area contributed by atoms with Gasteiger partial charge in [0.2, 0.25) is 0 Å². The third-order valence-electron chi connectivity index (χ3n) is 2.47. The molecule has 0 amide bonds. The van der Waals surface area contributed by atoms with E-state index < -0.39 is 11.7 Å². The van der Waals surface area contributed by atoms with Crippen LogP contribution in [0.15, 0.2) is 0 Å². The van der Waals surface area contributed by atoms with Gasteiger partial charge in [-0.3, -0.25) is 0 Å². The Morgan fingerprint density at radius 2 is 1.83 bits per heavy atom. The molecular weight excluding hydrogens is 155 g/mol. The van der Waals surface area contributed by atoms with Crippen molar-refractivity contribution in [2.45, 2.75) is 57.4 Å². The molecule has 1 aliphatic rings. The maximum atomic E-state index is 13.5. The summed E-state index contributed by atoms with van der Waals surface area (Å²) in [6, 6.07) is -0.337. The Morgan fingerprint density at radius 1 is 1.33 bits per heavy atom. The minimum atomic E-state index is -0.953. The lowest BCUT2D eigenvalue weighted by molar-refractivity contribution is 0.0587. The highest BCUT2D eigenvalue weighted by Gasteiger charge is 2.44. The van der Waals surface area contributed by atoms with Crippen LogP contribution in [0.2, 0.25) is 0 Å². The number of nitrogens with one attached hydrogen (secondary N) is 1. The summed E-state index contributed by atoms with van der Waals surface area (Å²) < 4.78 is 13.5. The molecule has 0 unspecified atom stereocenters. The molecule has 0 bridgehead atoms. The van der Waals surface area contributed by atoms with E-state index >= 15 is 0 Å². The van der Waals surface area contributed by atoms with Crippen molar-refractivity contribution in [3.63, 3.8) is 0 Å². The molecule has 0 aromatic carbocycles. The number of hydrogen-bond acceptors (Lipinski definition) is 2. The first-order valence-electron chi connectivity index (χ1n) is 4.44. The molecule has 2 nitrogen and oxygen atoms in total. The molecule has 3 N–H and O–H groups in total. The molecule has 1 rings (SSSR count). The first-order chi connectivity index (χ1) is 5.25. The zero-order valence-electron chi connectivity index (χ0n) is 8.32. The molecule has 0 saturated carbocycles. The van der Waals surface area contributed by atoms with Gasteiger partial charge in [0, 0.05) is 17.1 Å². The predicted molar refractivity (Wildman–Crippen MR) is 48.8 cm³/mol. The molecule has 0 radical (unpaired) electrons. The molecule has 0 aliphatic carbocycles. The Hall–Kier alpha value is -0.150. The molecule has 0 spiro atoms. The second-order valence-corrected chi connectivity index (χ2v) is 5.00. The second-order valence-electron chi connectivity index (χ2n) is 5.00. The molecule has 1 aliphatic heterocycles. The van der Waals surface area contributed by atoms with Crippen LogP contribution in [-0.4, -0.2) is 23.3 Å². The molecular formula is C9H19FN2. The van der Waals surface area contributed by atoms with Gasteiger partial charge in [0.05, 0.1) is 0 Å². The van der Waals surface area contributed by atoms with Crippen LogP contribution >= 0.6 is 0 Å². The molecule has 1 saturated heterocycles.